The molecule has 1 aromatic carbocycles. The number of benzene rings is 1. The standard InChI is InChI=1S/C23H30N4O2S/c1-17-22-18(16-30-17)23(29)24-19-8-5-6-9-20(19)27(22)21(28)10-4-3-7-11-26-14-12-25(2)13-15-26/h5-6,8-9,16H,3-4,7,10-15H2,1-2H3,(H,24,29). The minimum atomic E-state index is -0.149. The van der Waals surface area contributed by atoms with E-state index in [9.17, 15) is 9.59 Å². The van der Waals surface area contributed by atoms with E-state index in [1.165, 1.54) is 11.3 Å². The molecule has 7 heteroatoms. The van der Waals surface area contributed by atoms with Crippen LogP contribution in [0.25, 0.3) is 0 Å². The van der Waals surface area contributed by atoms with E-state index < -0.39 is 0 Å². The van der Waals surface area contributed by atoms with Gasteiger partial charge in [0.25, 0.3) is 5.91 Å². The van der Waals surface area contributed by atoms with Gasteiger partial charge in [0, 0.05) is 42.9 Å². The number of thiophene rings is 1. The Balaban J connectivity index is 1.40. The Morgan fingerprint density at radius 3 is 2.67 bits per heavy atom. The van der Waals surface area contributed by atoms with Gasteiger partial charge < -0.3 is 15.1 Å². The van der Waals surface area contributed by atoms with Gasteiger partial charge >= 0.3 is 0 Å². The van der Waals surface area contributed by atoms with Gasteiger partial charge in [-0.2, -0.15) is 0 Å². The minimum Gasteiger partial charge on any atom is -0.320 e. The Morgan fingerprint density at radius 1 is 1.10 bits per heavy atom. The van der Waals surface area contributed by atoms with Crippen molar-refractivity contribution < 1.29 is 9.59 Å². The molecule has 0 aliphatic carbocycles. The van der Waals surface area contributed by atoms with Gasteiger partial charge in [-0.1, -0.05) is 18.6 Å². The first-order valence-electron chi connectivity index (χ1n) is 10.8. The maximum Gasteiger partial charge on any atom is 0.258 e. The zero-order chi connectivity index (χ0) is 21.1. The Kier molecular flexibility index (Phi) is 6.51. The van der Waals surface area contributed by atoms with Crippen molar-refractivity contribution in [3.63, 3.8) is 0 Å². The molecule has 0 radical (unpaired) electrons. The highest BCUT2D eigenvalue weighted by Gasteiger charge is 2.31. The summed E-state index contributed by atoms with van der Waals surface area (Å²) in [5.41, 5.74) is 2.77. The van der Waals surface area contributed by atoms with E-state index in [1.807, 2.05) is 36.6 Å². The molecular formula is C23H30N4O2S. The Morgan fingerprint density at radius 2 is 1.87 bits per heavy atom. The Bertz CT molecular complexity index is 918. The molecule has 2 aromatic rings. The van der Waals surface area contributed by atoms with E-state index in [0.717, 1.165) is 68.2 Å². The summed E-state index contributed by atoms with van der Waals surface area (Å²) < 4.78 is 0. The number of nitrogens with zero attached hydrogens (tertiary/aromatic N) is 3. The molecule has 2 amide bonds. The lowest BCUT2D eigenvalue weighted by molar-refractivity contribution is -0.118. The van der Waals surface area contributed by atoms with E-state index in [-0.39, 0.29) is 11.8 Å². The van der Waals surface area contributed by atoms with E-state index >= 15 is 0 Å². The highest BCUT2D eigenvalue weighted by atomic mass is 32.1. The summed E-state index contributed by atoms with van der Waals surface area (Å²) in [7, 11) is 2.17. The normalized spacial score (nSPS) is 17.3. The van der Waals surface area contributed by atoms with Crippen molar-refractivity contribution in [1.29, 1.82) is 0 Å². The third kappa shape index (κ3) is 4.43. The summed E-state index contributed by atoms with van der Waals surface area (Å²) in [6.45, 7) is 7.65. The molecule has 0 saturated carbocycles. The van der Waals surface area contributed by atoms with Gasteiger partial charge in [-0.25, -0.2) is 0 Å². The summed E-state index contributed by atoms with van der Waals surface area (Å²) in [5, 5.41) is 4.81. The number of likely N-dealkylation sites (N-methyl/N-ethyl adjacent to an activating group) is 1. The fraction of sp³-hybridized carbons (Fsp3) is 0.478. The van der Waals surface area contributed by atoms with Gasteiger partial charge in [-0.15, -0.1) is 11.3 Å². The average Bonchev–Trinajstić information content (AvgIpc) is 3.06. The van der Waals surface area contributed by atoms with E-state index in [4.69, 9.17) is 0 Å². The number of anilines is 3. The summed E-state index contributed by atoms with van der Waals surface area (Å²) >= 11 is 1.51. The number of aryl methyl sites for hydroxylation is 1. The van der Waals surface area contributed by atoms with Crippen LogP contribution < -0.4 is 10.2 Å². The average molecular weight is 427 g/mol. The monoisotopic (exact) mass is 426 g/mol. The molecule has 2 aliphatic rings. The largest absolute Gasteiger partial charge is 0.320 e. The number of nitrogens with one attached hydrogen (secondary N) is 1. The number of carbonyl (C=O) groups excluding carboxylic acids is 2. The topological polar surface area (TPSA) is 55.9 Å². The number of carbonyl (C=O) groups is 2. The van der Waals surface area contributed by atoms with Crippen LogP contribution in [-0.2, 0) is 4.79 Å². The molecule has 2 aliphatic heterocycles. The van der Waals surface area contributed by atoms with Crippen LogP contribution in [0.5, 0.6) is 0 Å². The van der Waals surface area contributed by atoms with Gasteiger partial charge in [-0.3, -0.25) is 14.5 Å². The summed E-state index contributed by atoms with van der Waals surface area (Å²) in [6.07, 6.45) is 3.52. The van der Waals surface area contributed by atoms with Crippen LogP contribution in [0.2, 0.25) is 0 Å². The molecule has 1 saturated heterocycles. The second kappa shape index (κ2) is 9.29. The second-order valence-electron chi connectivity index (χ2n) is 8.21. The van der Waals surface area contributed by atoms with Crippen molar-refractivity contribution in [3.05, 3.63) is 40.1 Å². The fourth-order valence-corrected chi connectivity index (χ4v) is 5.03. The molecule has 0 bridgehead atoms. The van der Waals surface area contributed by atoms with Crippen LogP contribution in [-0.4, -0.2) is 61.4 Å². The van der Waals surface area contributed by atoms with Crippen LogP contribution in [0, 0.1) is 6.92 Å². The SMILES string of the molecule is Cc1scc2c1N(C(=O)CCCCCN1CCN(C)CC1)c1ccccc1NC2=O. The van der Waals surface area contributed by atoms with Crippen LogP contribution in [0.3, 0.4) is 0 Å². The van der Waals surface area contributed by atoms with Crippen LogP contribution in [0.4, 0.5) is 17.1 Å². The zero-order valence-electron chi connectivity index (χ0n) is 17.8. The number of rotatable bonds is 6. The lowest BCUT2D eigenvalue weighted by Crippen LogP contribution is -2.44. The molecule has 0 spiro atoms. The van der Waals surface area contributed by atoms with Crippen LogP contribution in [0.15, 0.2) is 29.6 Å². The van der Waals surface area contributed by atoms with E-state index in [2.05, 4.69) is 22.2 Å². The number of piperazine rings is 1. The van der Waals surface area contributed by atoms with Crippen molar-refractivity contribution in [2.24, 2.45) is 0 Å². The van der Waals surface area contributed by atoms with Gasteiger partial charge in [0.05, 0.1) is 22.6 Å². The third-order valence-corrected chi connectivity index (χ3v) is 6.91. The van der Waals surface area contributed by atoms with Crippen LogP contribution >= 0.6 is 11.3 Å². The van der Waals surface area contributed by atoms with Crippen molar-refractivity contribution in [3.8, 4) is 0 Å². The predicted molar refractivity (Wildman–Crippen MR) is 123 cm³/mol. The predicted octanol–water partition coefficient (Wildman–Crippen LogP) is 4.09. The minimum absolute atomic E-state index is 0.0568. The van der Waals surface area contributed by atoms with Gasteiger partial charge in [0.2, 0.25) is 5.91 Å². The first-order chi connectivity index (χ1) is 14.5. The molecule has 1 N–H and O–H groups in total. The van der Waals surface area contributed by atoms with Crippen molar-refractivity contribution >= 4 is 40.2 Å². The van der Waals surface area contributed by atoms with E-state index in [1.54, 1.807) is 4.90 Å². The molecule has 0 unspecified atom stereocenters. The molecule has 4 rings (SSSR count). The summed E-state index contributed by atoms with van der Waals surface area (Å²) in [5.74, 6) is -0.0921. The number of hydrogen-bond donors (Lipinski definition) is 1. The van der Waals surface area contributed by atoms with Crippen molar-refractivity contribution in [1.82, 2.24) is 9.80 Å². The number of hydrogen-bond acceptors (Lipinski definition) is 5. The second-order valence-corrected chi connectivity index (χ2v) is 9.29. The third-order valence-electron chi connectivity index (χ3n) is 6.01. The highest BCUT2D eigenvalue weighted by Crippen LogP contribution is 2.42. The quantitative estimate of drug-likeness (QED) is 0.707. The number of fused-ring (bicyclic) bond motifs is 2. The molecule has 1 fully saturated rings. The fourth-order valence-electron chi connectivity index (χ4n) is 4.20. The first kappa shape index (κ1) is 21.0. The summed E-state index contributed by atoms with van der Waals surface area (Å²) in [4.78, 5) is 33.6. The molecule has 3 heterocycles. The maximum absolute atomic E-state index is 13.3. The highest BCUT2D eigenvalue weighted by molar-refractivity contribution is 7.11. The first-order valence-corrected chi connectivity index (χ1v) is 11.6. The molecule has 1 aromatic heterocycles. The van der Waals surface area contributed by atoms with Gasteiger partial charge in [-0.05, 0) is 45.5 Å². The molecule has 0 atom stereocenters. The Hall–Kier alpha value is -2.22. The van der Waals surface area contributed by atoms with Gasteiger partial charge in [0.1, 0.15) is 0 Å². The lowest BCUT2D eigenvalue weighted by atomic mass is 10.1. The molecule has 160 valence electrons. The zero-order valence-corrected chi connectivity index (χ0v) is 18.6. The van der Waals surface area contributed by atoms with E-state index in [0.29, 0.717) is 17.7 Å². The van der Waals surface area contributed by atoms with Crippen LogP contribution in [0.1, 0.15) is 40.9 Å². The number of unbranched alkanes of at least 4 members (excludes halogenated alkanes) is 2. The maximum atomic E-state index is 13.3. The molecule has 6 nitrogen and oxygen atoms in total. The molecular weight excluding hydrogens is 396 g/mol. The molecule has 30 heavy (non-hydrogen) atoms. The smallest absolute Gasteiger partial charge is 0.258 e. The Labute approximate surface area is 182 Å². The number of amides is 2. The number of para-hydroxylation sites is 2. The van der Waals surface area contributed by atoms with Crippen molar-refractivity contribution in [2.75, 3.05) is 50.0 Å². The lowest BCUT2D eigenvalue weighted by Gasteiger charge is -2.32. The van der Waals surface area contributed by atoms with Crippen molar-refractivity contribution in [2.45, 2.75) is 32.6 Å². The summed E-state index contributed by atoms with van der Waals surface area (Å²) in [6, 6.07) is 7.56. The van der Waals surface area contributed by atoms with Gasteiger partial charge in [0.15, 0.2) is 0 Å².